The molecule has 86 valence electrons. The second-order valence-electron chi connectivity index (χ2n) is 3.36. The van der Waals surface area contributed by atoms with Crippen LogP contribution in [0.1, 0.15) is 24.2 Å². The van der Waals surface area contributed by atoms with Crippen molar-refractivity contribution in [2.75, 3.05) is 0 Å². The molecule has 5 nitrogen and oxygen atoms in total. The molecule has 0 saturated carbocycles. The van der Waals surface area contributed by atoms with E-state index in [1.165, 1.54) is 0 Å². The summed E-state index contributed by atoms with van der Waals surface area (Å²) in [6.07, 6.45) is 0. The van der Waals surface area contributed by atoms with E-state index in [2.05, 4.69) is 14.8 Å². The number of rotatable bonds is 4. The van der Waals surface area contributed by atoms with Gasteiger partial charge in [0.2, 0.25) is 0 Å². The van der Waals surface area contributed by atoms with E-state index < -0.39 is 11.9 Å². The summed E-state index contributed by atoms with van der Waals surface area (Å²) in [6, 6.07) is 8.22. The molecule has 0 saturated heterocycles. The molecule has 16 heavy (non-hydrogen) atoms. The van der Waals surface area contributed by atoms with Crippen molar-refractivity contribution >= 4 is 11.9 Å². The fourth-order valence-corrected chi connectivity index (χ4v) is 0.800. The van der Waals surface area contributed by atoms with E-state index in [9.17, 15) is 9.59 Å². The smallest absolute Gasteiger partial charge is 0.259 e. The standard InChI is InChI=1S/C11H12O5/c1-8(2)10(12)14-16-15-11(13)9-6-4-3-5-7-9/h3-8H,1-2H3. The van der Waals surface area contributed by atoms with Crippen LogP contribution < -0.4 is 0 Å². The quantitative estimate of drug-likeness (QED) is 0.577. The maximum absolute atomic E-state index is 11.3. The largest absolute Gasteiger partial charge is 0.377 e. The van der Waals surface area contributed by atoms with E-state index in [4.69, 9.17) is 0 Å². The summed E-state index contributed by atoms with van der Waals surface area (Å²) in [5.74, 6) is -1.69. The van der Waals surface area contributed by atoms with Gasteiger partial charge in [-0.3, -0.25) is 9.78 Å². The van der Waals surface area contributed by atoms with Crippen LogP contribution in [0.5, 0.6) is 0 Å². The van der Waals surface area contributed by atoms with Crippen LogP contribution in [0.3, 0.4) is 0 Å². The van der Waals surface area contributed by atoms with Crippen LogP contribution in [0.15, 0.2) is 30.3 Å². The topological polar surface area (TPSA) is 61.8 Å². The van der Waals surface area contributed by atoms with Crippen LogP contribution in [0.4, 0.5) is 0 Å². The first-order chi connectivity index (χ1) is 7.61. The average molecular weight is 224 g/mol. The summed E-state index contributed by atoms with van der Waals surface area (Å²) in [7, 11) is 0. The Morgan fingerprint density at radius 2 is 1.69 bits per heavy atom. The molecule has 0 amide bonds. The molecular weight excluding hydrogens is 212 g/mol. The lowest BCUT2D eigenvalue weighted by Gasteiger charge is -2.03. The molecule has 0 radical (unpaired) electrons. The summed E-state index contributed by atoms with van der Waals surface area (Å²) in [4.78, 5) is 30.7. The molecule has 0 fully saturated rings. The molecule has 1 aromatic carbocycles. The summed E-state index contributed by atoms with van der Waals surface area (Å²) in [5, 5.41) is 4.07. The van der Waals surface area contributed by atoms with Crippen LogP contribution in [0.25, 0.3) is 0 Å². The third-order valence-electron chi connectivity index (χ3n) is 1.71. The highest BCUT2D eigenvalue weighted by Gasteiger charge is 2.13. The Kier molecular flexibility index (Phi) is 4.47. The highest BCUT2D eigenvalue weighted by Crippen LogP contribution is 2.02. The lowest BCUT2D eigenvalue weighted by atomic mass is 10.2. The van der Waals surface area contributed by atoms with Crippen LogP contribution in [-0.4, -0.2) is 11.9 Å². The van der Waals surface area contributed by atoms with Gasteiger partial charge in [0.1, 0.15) is 0 Å². The third kappa shape index (κ3) is 3.70. The van der Waals surface area contributed by atoms with Crippen molar-refractivity contribution in [2.45, 2.75) is 13.8 Å². The first-order valence-corrected chi connectivity index (χ1v) is 4.75. The van der Waals surface area contributed by atoms with E-state index >= 15 is 0 Å². The number of carbonyl (C=O) groups is 2. The minimum absolute atomic E-state index is 0.308. The lowest BCUT2D eigenvalue weighted by molar-refractivity contribution is -0.454. The van der Waals surface area contributed by atoms with Gasteiger partial charge in [0.15, 0.2) is 0 Å². The predicted octanol–water partition coefficient (Wildman–Crippen LogP) is 1.89. The number of benzene rings is 1. The molecule has 0 unspecified atom stereocenters. The minimum atomic E-state index is -0.725. The normalized spacial score (nSPS) is 9.94. The van der Waals surface area contributed by atoms with E-state index in [0.717, 1.165) is 0 Å². The van der Waals surface area contributed by atoms with Gasteiger partial charge in [-0.1, -0.05) is 32.0 Å². The summed E-state index contributed by atoms with van der Waals surface area (Å²) in [6.45, 7) is 3.26. The molecule has 0 N–H and O–H groups in total. The maximum atomic E-state index is 11.3. The monoisotopic (exact) mass is 224 g/mol. The molecule has 1 aromatic rings. The highest BCUT2D eigenvalue weighted by atomic mass is 17.5. The molecule has 1 rings (SSSR count). The van der Waals surface area contributed by atoms with Crippen molar-refractivity contribution in [3.8, 4) is 0 Å². The second-order valence-corrected chi connectivity index (χ2v) is 3.36. The Balaban J connectivity index is 2.34. The lowest BCUT2D eigenvalue weighted by Crippen LogP contribution is -2.14. The molecule has 0 bridgehead atoms. The summed E-state index contributed by atoms with van der Waals surface area (Å²) in [5.41, 5.74) is 0.308. The molecule has 0 spiro atoms. The van der Waals surface area contributed by atoms with Gasteiger partial charge >= 0.3 is 11.9 Å². The third-order valence-corrected chi connectivity index (χ3v) is 1.71. The minimum Gasteiger partial charge on any atom is -0.259 e. The van der Waals surface area contributed by atoms with Crippen molar-refractivity contribution in [1.82, 2.24) is 0 Å². The Morgan fingerprint density at radius 3 is 2.25 bits per heavy atom. The van der Waals surface area contributed by atoms with Crippen LogP contribution in [-0.2, 0) is 19.6 Å². The SMILES string of the molecule is CC(C)C(=O)OOOC(=O)c1ccccc1. The molecule has 0 aliphatic rings. The zero-order chi connectivity index (χ0) is 12.0. The number of carbonyl (C=O) groups excluding carboxylic acids is 2. The zero-order valence-electron chi connectivity index (χ0n) is 9.01. The van der Waals surface area contributed by atoms with E-state index in [0.29, 0.717) is 5.56 Å². The Hall–Kier alpha value is -1.88. The fraction of sp³-hybridized carbons (Fsp3) is 0.273. The predicted molar refractivity (Wildman–Crippen MR) is 53.9 cm³/mol. The van der Waals surface area contributed by atoms with Gasteiger partial charge < -0.3 is 0 Å². The van der Waals surface area contributed by atoms with Crippen molar-refractivity contribution in [3.63, 3.8) is 0 Å². The van der Waals surface area contributed by atoms with Crippen molar-refractivity contribution in [1.29, 1.82) is 0 Å². The van der Waals surface area contributed by atoms with Crippen molar-refractivity contribution in [2.24, 2.45) is 5.92 Å². The molecule has 0 heterocycles. The summed E-state index contributed by atoms with van der Waals surface area (Å²) >= 11 is 0. The van der Waals surface area contributed by atoms with Crippen LogP contribution in [0, 0.1) is 5.92 Å². The fourth-order valence-electron chi connectivity index (χ4n) is 0.800. The van der Waals surface area contributed by atoms with Crippen molar-refractivity contribution in [3.05, 3.63) is 35.9 Å². The van der Waals surface area contributed by atoms with Gasteiger partial charge in [0.25, 0.3) is 0 Å². The van der Waals surface area contributed by atoms with Gasteiger partial charge in [-0.05, 0) is 12.1 Å². The maximum Gasteiger partial charge on any atom is 0.377 e. The number of hydrogen-bond acceptors (Lipinski definition) is 5. The molecule has 5 heteroatoms. The Labute approximate surface area is 92.8 Å². The highest BCUT2D eigenvalue weighted by molar-refractivity contribution is 5.88. The van der Waals surface area contributed by atoms with Gasteiger partial charge in [0.05, 0.1) is 11.5 Å². The first kappa shape index (κ1) is 12.2. The van der Waals surface area contributed by atoms with E-state index in [-0.39, 0.29) is 5.92 Å². The Bertz CT molecular complexity index is 358. The van der Waals surface area contributed by atoms with Crippen LogP contribution in [0.2, 0.25) is 0 Å². The summed E-state index contributed by atoms with van der Waals surface area (Å²) < 4.78 is 0. The zero-order valence-corrected chi connectivity index (χ0v) is 9.01. The molecule has 0 aliphatic carbocycles. The van der Waals surface area contributed by atoms with Crippen molar-refractivity contribution < 1.29 is 24.4 Å². The van der Waals surface area contributed by atoms with E-state index in [1.54, 1.807) is 44.2 Å². The van der Waals surface area contributed by atoms with Gasteiger partial charge in [-0.2, -0.15) is 0 Å². The average Bonchev–Trinajstić information content (AvgIpc) is 2.29. The second kappa shape index (κ2) is 5.87. The first-order valence-electron chi connectivity index (χ1n) is 4.75. The van der Waals surface area contributed by atoms with Gasteiger partial charge in [-0.15, -0.1) is 0 Å². The van der Waals surface area contributed by atoms with E-state index in [1.807, 2.05) is 0 Å². The van der Waals surface area contributed by atoms with Crippen LogP contribution >= 0.6 is 0 Å². The number of hydrogen-bond donors (Lipinski definition) is 0. The van der Waals surface area contributed by atoms with Gasteiger partial charge in [0, 0.05) is 5.04 Å². The van der Waals surface area contributed by atoms with Gasteiger partial charge in [-0.25, -0.2) is 9.59 Å². The Morgan fingerprint density at radius 1 is 1.06 bits per heavy atom. The molecule has 0 atom stereocenters. The molecule has 0 aromatic heterocycles. The molecule has 0 aliphatic heterocycles. The molecular formula is C11H12O5.